The molecule has 0 rings (SSSR count). The van der Waals surface area contributed by atoms with Crippen LogP contribution in [0.15, 0.2) is 12.2 Å². The zero-order chi connectivity index (χ0) is 12.9. The highest BCUT2D eigenvalue weighted by Crippen LogP contribution is 2.30. The molecule has 0 aromatic rings. The van der Waals surface area contributed by atoms with Crippen molar-refractivity contribution in [1.29, 1.82) is 0 Å². The second-order valence-corrected chi connectivity index (χ2v) is 4.41. The van der Waals surface area contributed by atoms with Gasteiger partial charge in [0.1, 0.15) is 6.10 Å². The number of alkyl halides is 1. The van der Waals surface area contributed by atoms with Crippen LogP contribution in [-0.4, -0.2) is 29.5 Å². The number of ether oxygens (including phenoxy) is 1. The van der Waals surface area contributed by atoms with Gasteiger partial charge in [0, 0.05) is 6.42 Å². The minimum absolute atomic E-state index is 0.0888. The summed E-state index contributed by atoms with van der Waals surface area (Å²) in [5.41, 5.74) is -1.90. The Bertz CT molecular complexity index is 263. The molecule has 0 saturated heterocycles. The standard InChI is InChI=1S/C12H21FO3/c1-6-16-11(15)12(13,7-8(2)3)10(14)9(4)5/h9-10,14H,2,6-7H2,1,3-5H3/t10-,12+/m1/s1. The van der Waals surface area contributed by atoms with Crippen LogP contribution in [0.1, 0.15) is 34.1 Å². The number of aliphatic hydroxyl groups is 1. The van der Waals surface area contributed by atoms with E-state index in [0.29, 0.717) is 5.57 Å². The normalized spacial score (nSPS) is 16.7. The average Bonchev–Trinajstić information content (AvgIpc) is 2.15. The van der Waals surface area contributed by atoms with Gasteiger partial charge in [-0.05, 0) is 19.8 Å². The summed E-state index contributed by atoms with van der Waals surface area (Å²) in [7, 11) is 0. The smallest absolute Gasteiger partial charge is 0.347 e. The van der Waals surface area contributed by atoms with Crippen molar-refractivity contribution in [3.05, 3.63) is 12.2 Å². The van der Waals surface area contributed by atoms with Crippen LogP contribution in [-0.2, 0) is 9.53 Å². The molecule has 0 spiro atoms. The van der Waals surface area contributed by atoms with Crippen molar-refractivity contribution in [2.75, 3.05) is 6.61 Å². The monoisotopic (exact) mass is 232 g/mol. The van der Waals surface area contributed by atoms with Crippen molar-refractivity contribution >= 4 is 5.97 Å². The van der Waals surface area contributed by atoms with Gasteiger partial charge in [-0.3, -0.25) is 0 Å². The van der Waals surface area contributed by atoms with Crippen LogP contribution in [0.4, 0.5) is 4.39 Å². The molecule has 0 saturated carbocycles. The summed E-state index contributed by atoms with van der Waals surface area (Å²) < 4.78 is 19.1. The van der Waals surface area contributed by atoms with E-state index in [-0.39, 0.29) is 18.9 Å². The van der Waals surface area contributed by atoms with Crippen molar-refractivity contribution in [2.24, 2.45) is 5.92 Å². The molecule has 0 aromatic carbocycles. The second kappa shape index (κ2) is 5.99. The lowest BCUT2D eigenvalue weighted by atomic mass is 9.85. The molecule has 0 aromatic heterocycles. The molecular formula is C12H21FO3. The first-order valence-corrected chi connectivity index (χ1v) is 5.44. The Balaban J connectivity index is 5.01. The van der Waals surface area contributed by atoms with Gasteiger partial charge < -0.3 is 9.84 Å². The number of rotatable bonds is 6. The van der Waals surface area contributed by atoms with Gasteiger partial charge in [-0.15, -0.1) is 6.58 Å². The van der Waals surface area contributed by atoms with Crippen LogP contribution in [0, 0.1) is 5.92 Å². The highest BCUT2D eigenvalue weighted by Gasteiger charge is 2.48. The van der Waals surface area contributed by atoms with Gasteiger partial charge in [0.15, 0.2) is 0 Å². The third kappa shape index (κ3) is 3.59. The molecule has 0 radical (unpaired) electrons. The lowest BCUT2D eigenvalue weighted by Gasteiger charge is -2.30. The molecule has 16 heavy (non-hydrogen) atoms. The summed E-state index contributed by atoms with van der Waals surface area (Å²) in [5.74, 6) is -1.38. The molecule has 0 fully saturated rings. The van der Waals surface area contributed by atoms with E-state index in [1.165, 1.54) is 0 Å². The van der Waals surface area contributed by atoms with Gasteiger partial charge in [0.2, 0.25) is 5.67 Å². The van der Waals surface area contributed by atoms with Gasteiger partial charge >= 0.3 is 5.97 Å². The topological polar surface area (TPSA) is 46.5 Å². The fraction of sp³-hybridized carbons (Fsp3) is 0.750. The molecular weight excluding hydrogens is 211 g/mol. The van der Waals surface area contributed by atoms with E-state index in [0.717, 1.165) is 0 Å². The minimum Gasteiger partial charge on any atom is -0.464 e. The maximum Gasteiger partial charge on any atom is 0.347 e. The zero-order valence-corrected chi connectivity index (χ0v) is 10.4. The van der Waals surface area contributed by atoms with Crippen LogP contribution >= 0.6 is 0 Å². The van der Waals surface area contributed by atoms with Crippen LogP contribution < -0.4 is 0 Å². The van der Waals surface area contributed by atoms with Crippen molar-refractivity contribution in [1.82, 2.24) is 0 Å². The predicted octanol–water partition coefficient (Wildman–Crippen LogP) is 2.24. The Morgan fingerprint density at radius 1 is 1.56 bits per heavy atom. The van der Waals surface area contributed by atoms with E-state index in [9.17, 15) is 14.3 Å². The van der Waals surface area contributed by atoms with Crippen molar-refractivity contribution in [3.63, 3.8) is 0 Å². The first kappa shape index (κ1) is 15.1. The molecule has 0 aliphatic carbocycles. The predicted molar refractivity (Wildman–Crippen MR) is 60.7 cm³/mol. The summed E-state index contributed by atoms with van der Waals surface area (Å²) in [6, 6.07) is 0. The van der Waals surface area contributed by atoms with Crippen LogP contribution in [0.3, 0.4) is 0 Å². The third-order valence-electron chi connectivity index (χ3n) is 2.27. The van der Waals surface area contributed by atoms with Gasteiger partial charge in [-0.25, -0.2) is 9.18 Å². The van der Waals surface area contributed by atoms with Crippen molar-refractivity contribution in [3.8, 4) is 0 Å². The molecule has 0 bridgehead atoms. The number of halogens is 1. The number of esters is 1. The molecule has 0 unspecified atom stereocenters. The Labute approximate surface area is 96.3 Å². The number of carbonyl (C=O) groups excluding carboxylic acids is 1. The molecule has 94 valence electrons. The summed E-state index contributed by atoms with van der Waals surface area (Å²) in [4.78, 5) is 11.5. The number of aliphatic hydroxyl groups excluding tert-OH is 1. The van der Waals surface area contributed by atoms with E-state index in [4.69, 9.17) is 0 Å². The van der Waals surface area contributed by atoms with E-state index in [1.54, 1.807) is 27.7 Å². The summed E-state index contributed by atoms with van der Waals surface area (Å²) >= 11 is 0. The summed E-state index contributed by atoms with van der Waals surface area (Å²) in [5, 5.41) is 9.77. The largest absolute Gasteiger partial charge is 0.464 e. The highest BCUT2D eigenvalue weighted by atomic mass is 19.1. The minimum atomic E-state index is -2.39. The van der Waals surface area contributed by atoms with Gasteiger partial charge in [0.05, 0.1) is 6.61 Å². The van der Waals surface area contributed by atoms with Crippen molar-refractivity contribution < 1.29 is 19.0 Å². The van der Waals surface area contributed by atoms with E-state index >= 15 is 0 Å². The first-order valence-electron chi connectivity index (χ1n) is 5.44. The average molecular weight is 232 g/mol. The van der Waals surface area contributed by atoms with E-state index in [1.807, 2.05) is 0 Å². The Morgan fingerprint density at radius 3 is 2.38 bits per heavy atom. The molecule has 3 nitrogen and oxygen atoms in total. The lowest BCUT2D eigenvalue weighted by molar-refractivity contribution is -0.168. The SMILES string of the molecule is C=C(C)C[C@@](F)(C(=O)OCC)[C@H](O)C(C)C. The Morgan fingerprint density at radius 2 is 2.06 bits per heavy atom. The number of hydrogen-bond acceptors (Lipinski definition) is 3. The summed E-state index contributed by atoms with van der Waals surface area (Å²) in [6.45, 7) is 10.2. The van der Waals surface area contributed by atoms with Crippen LogP contribution in [0.25, 0.3) is 0 Å². The molecule has 2 atom stereocenters. The van der Waals surface area contributed by atoms with E-state index in [2.05, 4.69) is 11.3 Å². The summed E-state index contributed by atoms with van der Waals surface area (Å²) in [6.07, 6.45) is -1.60. The lowest BCUT2D eigenvalue weighted by Crippen LogP contribution is -2.49. The quantitative estimate of drug-likeness (QED) is 0.564. The molecule has 0 aliphatic heterocycles. The Kier molecular flexibility index (Phi) is 5.65. The number of allylic oxidation sites excluding steroid dienone is 1. The van der Waals surface area contributed by atoms with Gasteiger partial charge in [-0.1, -0.05) is 19.4 Å². The molecule has 0 aliphatic rings. The van der Waals surface area contributed by atoms with Gasteiger partial charge in [0.25, 0.3) is 0 Å². The zero-order valence-electron chi connectivity index (χ0n) is 10.4. The fourth-order valence-corrected chi connectivity index (χ4v) is 1.52. The number of carbonyl (C=O) groups is 1. The Hall–Kier alpha value is -0.900. The van der Waals surface area contributed by atoms with Gasteiger partial charge in [-0.2, -0.15) is 0 Å². The highest BCUT2D eigenvalue weighted by molar-refractivity contribution is 5.80. The molecule has 1 N–H and O–H groups in total. The van der Waals surface area contributed by atoms with Crippen LogP contribution in [0.2, 0.25) is 0 Å². The third-order valence-corrected chi connectivity index (χ3v) is 2.27. The fourth-order valence-electron chi connectivity index (χ4n) is 1.52. The molecule has 4 heteroatoms. The maximum atomic E-state index is 14.5. The maximum absolute atomic E-state index is 14.5. The van der Waals surface area contributed by atoms with E-state index < -0.39 is 17.7 Å². The first-order chi connectivity index (χ1) is 7.25. The molecule has 0 heterocycles. The van der Waals surface area contributed by atoms with Crippen molar-refractivity contribution in [2.45, 2.75) is 45.9 Å². The van der Waals surface area contributed by atoms with Crippen LogP contribution in [0.5, 0.6) is 0 Å². The number of hydrogen-bond donors (Lipinski definition) is 1. The second-order valence-electron chi connectivity index (χ2n) is 4.41. The molecule has 0 amide bonds.